The molecule has 0 fully saturated rings. The molecule has 2 aromatic carbocycles. The van der Waals surface area contributed by atoms with E-state index in [1.165, 1.54) is 5.56 Å². The first-order valence-electron chi connectivity index (χ1n) is 8.86. The molecule has 0 saturated heterocycles. The fourth-order valence-electron chi connectivity index (χ4n) is 3.79. The Hall–Kier alpha value is -3.12. The van der Waals surface area contributed by atoms with Gasteiger partial charge in [-0.15, -0.1) is 0 Å². The number of nitriles is 1. The van der Waals surface area contributed by atoms with Crippen LogP contribution < -0.4 is 4.57 Å². The summed E-state index contributed by atoms with van der Waals surface area (Å²) in [6, 6.07) is 16.7. The van der Waals surface area contributed by atoms with Gasteiger partial charge in [0.1, 0.15) is 18.2 Å². The highest BCUT2D eigenvalue weighted by Gasteiger charge is 2.22. The monoisotopic (exact) mass is 341 g/mol. The van der Waals surface area contributed by atoms with E-state index in [2.05, 4.69) is 49.6 Å². The van der Waals surface area contributed by atoms with Gasteiger partial charge in [-0.2, -0.15) is 5.26 Å². The predicted molar refractivity (Wildman–Crippen MR) is 104 cm³/mol. The number of furan rings is 1. The van der Waals surface area contributed by atoms with E-state index in [0.717, 1.165) is 38.8 Å². The van der Waals surface area contributed by atoms with E-state index in [-0.39, 0.29) is 5.92 Å². The fraction of sp³-hybridized carbons (Fsp3) is 0.217. The highest BCUT2D eigenvalue weighted by atomic mass is 16.3. The van der Waals surface area contributed by atoms with Crippen molar-refractivity contribution in [3.63, 3.8) is 0 Å². The lowest BCUT2D eigenvalue weighted by Gasteiger charge is -2.07. The van der Waals surface area contributed by atoms with Gasteiger partial charge in [0.25, 0.3) is 0 Å². The minimum absolute atomic E-state index is 0.214. The van der Waals surface area contributed by atoms with Gasteiger partial charge in [0, 0.05) is 28.5 Å². The van der Waals surface area contributed by atoms with Crippen LogP contribution in [0.4, 0.5) is 0 Å². The summed E-state index contributed by atoms with van der Waals surface area (Å²) in [5.74, 6) is 0.214. The molecule has 4 rings (SSSR count). The summed E-state index contributed by atoms with van der Waals surface area (Å²) < 4.78 is 8.55. The van der Waals surface area contributed by atoms with E-state index < -0.39 is 0 Å². The largest absolute Gasteiger partial charge is 0.455 e. The zero-order chi connectivity index (χ0) is 18.4. The lowest BCUT2D eigenvalue weighted by Crippen LogP contribution is -2.30. The Bertz CT molecular complexity index is 1190. The van der Waals surface area contributed by atoms with Crippen LogP contribution in [-0.2, 0) is 7.05 Å². The normalized spacial score (nSPS) is 11.4. The van der Waals surface area contributed by atoms with Crippen molar-refractivity contribution in [3.05, 3.63) is 65.4 Å². The summed E-state index contributed by atoms with van der Waals surface area (Å²) >= 11 is 0. The van der Waals surface area contributed by atoms with Crippen molar-refractivity contribution in [2.75, 3.05) is 0 Å². The molecule has 2 heterocycles. The van der Waals surface area contributed by atoms with Crippen LogP contribution in [0.3, 0.4) is 0 Å². The number of fused-ring (bicyclic) bond motifs is 3. The molecule has 3 heteroatoms. The quantitative estimate of drug-likeness (QED) is 0.459. The topological polar surface area (TPSA) is 40.8 Å². The molecule has 0 unspecified atom stereocenters. The summed E-state index contributed by atoms with van der Waals surface area (Å²) in [5, 5.41) is 11.7. The average Bonchev–Trinajstić information content (AvgIpc) is 2.99. The SMILES string of the molecule is Cc1ccc2c(oc3c(C(C)C)c(C#N)ccc32)c1-c1cccc[n+]1C. The second-order valence-electron chi connectivity index (χ2n) is 7.10. The first-order chi connectivity index (χ1) is 12.5. The minimum atomic E-state index is 0.214. The third-order valence-electron chi connectivity index (χ3n) is 5.07. The number of aromatic nitrogens is 1. The maximum absolute atomic E-state index is 9.52. The van der Waals surface area contributed by atoms with Crippen LogP contribution in [0.15, 0.2) is 53.1 Å². The Morgan fingerprint density at radius 3 is 2.42 bits per heavy atom. The van der Waals surface area contributed by atoms with Gasteiger partial charge in [0.15, 0.2) is 6.20 Å². The number of aryl methyl sites for hydroxylation is 2. The number of benzene rings is 2. The Kier molecular flexibility index (Phi) is 3.77. The molecule has 0 spiro atoms. The molecule has 26 heavy (non-hydrogen) atoms. The highest BCUT2D eigenvalue weighted by molar-refractivity contribution is 6.10. The summed E-state index contributed by atoms with van der Waals surface area (Å²) in [6.07, 6.45) is 2.05. The first kappa shape index (κ1) is 16.4. The first-order valence-corrected chi connectivity index (χ1v) is 8.86. The molecule has 0 atom stereocenters. The van der Waals surface area contributed by atoms with E-state index in [4.69, 9.17) is 4.42 Å². The number of hydrogen-bond donors (Lipinski definition) is 0. The standard InChI is InChI=1S/C23H21N2O/c1-14(2)20-16(13-24)9-11-18-17-10-8-15(3)21(23(17)26-22(18)20)19-7-5-6-12-25(19)4/h5-12,14H,1-4H3/q+1. The molecular weight excluding hydrogens is 320 g/mol. The summed E-state index contributed by atoms with van der Waals surface area (Å²) in [7, 11) is 2.05. The van der Waals surface area contributed by atoms with Gasteiger partial charge >= 0.3 is 0 Å². The average molecular weight is 341 g/mol. The minimum Gasteiger partial charge on any atom is -0.455 e. The Labute approximate surface area is 153 Å². The van der Waals surface area contributed by atoms with Gasteiger partial charge in [-0.1, -0.05) is 26.0 Å². The lowest BCUT2D eigenvalue weighted by molar-refractivity contribution is -0.660. The number of hydrogen-bond acceptors (Lipinski definition) is 2. The Balaban J connectivity index is 2.18. The van der Waals surface area contributed by atoms with Crippen LogP contribution in [0, 0.1) is 18.3 Å². The van der Waals surface area contributed by atoms with Crippen molar-refractivity contribution in [2.24, 2.45) is 7.05 Å². The molecule has 128 valence electrons. The molecule has 0 saturated carbocycles. The van der Waals surface area contributed by atoms with E-state index >= 15 is 0 Å². The van der Waals surface area contributed by atoms with E-state index in [9.17, 15) is 5.26 Å². The van der Waals surface area contributed by atoms with Crippen molar-refractivity contribution in [1.82, 2.24) is 0 Å². The highest BCUT2D eigenvalue weighted by Crippen LogP contribution is 2.40. The van der Waals surface area contributed by atoms with Gasteiger partial charge < -0.3 is 4.42 Å². The fourth-order valence-corrected chi connectivity index (χ4v) is 3.79. The summed E-state index contributed by atoms with van der Waals surface area (Å²) in [4.78, 5) is 0. The molecule has 0 aliphatic rings. The van der Waals surface area contributed by atoms with Gasteiger partial charge in [-0.25, -0.2) is 4.57 Å². The molecule has 0 bridgehead atoms. The zero-order valence-electron chi connectivity index (χ0n) is 15.5. The van der Waals surface area contributed by atoms with Crippen LogP contribution in [0.5, 0.6) is 0 Å². The van der Waals surface area contributed by atoms with E-state index in [1.807, 2.05) is 37.5 Å². The molecule has 2 aromatic heterocycles. The molecule has 0 aliphatic heterocycles. The number of pyridine rings is 1. The molecule has 0 aliphatic carbocycles. The van der Waals surface area contributed by atoms with Gasteiger partial charge in [-0.05, 0) is 36.6 Å². The molecule has 0 radical (unpaired) electrons. The number of nitrogens with zero attached hydrogens (tertiary/aromatic N) is 2. The van der Waals surface area contributed by atoms with Crippen LogP contribution in [0.25, 0.3) is 33.2 Å². The van der Waals surface area contributed by atoms with Crippen LogP contribution in [0.2, 0.25) is 0 Å². The summed E-state index contributed by atoms with van der Waals surface area (Å²) in [6.45, 7) is 6.32. The molecule has 3 nitrogen and oxygen atoms in total. The molecule has 0 N–H and O–H groups in total. The number of rotatable bonds is 2. The van der Waals surface area contributed by atoms with Gasteiger partial charge in [-0.3, -0.25) is 0 Å². The van der Waals surface area contributed by atoms with Gasteiger partial charge in [0.05, 0.1) is 17.2 Å². The second-order valence-corrected chi connectivity index (χ2v) is 7.10. The van der Waals surface area contributed by atoms with Gasteiger partial charge in [0.2, 0.25) is 5.69 Å². The molecular formula is C23H21N2O+. The molecule has 4 aromatic rings. The lowest BCUT2D eigenvalue weighted by atomic mass is 9.94. The van der Waals surface area contributed by atoms with Crippen molar-refractivity contribution in [1.29, 1.82) is 5.26 Å². The Morgan fingerprint density at radius 2 is 1.73 bits per heavy atom. The predicted octanol–water partition coefficient (Wildman–Crippen LogP) is 5.38. The Morgan fingerprint density at radius 1 is 1.00 bits per heavy atom. The second kappa shape index (κ2) is 6.00. The summed E-state index contributed by atoms with van der Waals surface area (Å²) in [5.41, 5.74) is 6.79. The van der Waals surface area contributed by atoms with E-state index in [0.29, 0.717) is 5.56 Å². The maximum atomic E-state index is 9.52. The van der Waals surface area contributed by atoms with Crippen LogP contribution in [-0.4, -0.2) is 0 Å². The van der Waals surface area contributed by atoms with Crippen molar-refractivity contribution >= 4 is 21.9 Å². The third kappa shape index (κ3) is 2.30. The van der Waals surface area contributed by atoms with Crippen LogP contribution in [0.1, 0.15) is 36.5 Å². The third-order valence-corrected chi connectivity index (χ3v) is 5.07. The molecule has 0 amide bonds. The van der Waals surface area contributed by atoms with Crippen molar-refractivity contribution in [2.45, 2.75) is 26.7 Å². The van der Waals surface area contributed by atoms with Crippen molar-refractivity contribution in [3.8, 4) is 17.3 Å². The smallest absolute Gasteiger partial charge is 0.216 e. The maximum Gasteiger partial charge on any atom is 0.216 e. The zero-order valence-corrected chi connectivity index (χ0v) is 15.5. The van der Waals surface area contributed by atoms with E-state index in [1.54, 1.807) is 0 Å². The van der Waals surface area contributed by atoms with Crippen molar-refractivity contribution < 1.29 is 8.98 Å². The van der Waals surface area contributed by atoms with Crippen LogP contribution >= 0.6 is 0 Å².